The number of nitrogens with zero attached hydrogens (tertiary/aromatic N) is 6. The van der Waals surface area contributed by atoms with Crippen molar-refractivity contribution >= 4 is 28.8 Å². The van der Waals surface area contributed by atoms with Crippen LogP contribution in [0, 0.1) is 0 Å². The van der Waals surface area contributed by atoms with E-state index in [4.69, 9.17) is 16.3 Å². The number of tetrazole rings is 1. The molecule has 2 heterocycles. The second kappa shape index (κ2) is 11.3. The number of hydrogen-bond acceptors (Lipinski definition) is 7. The second-order valence-electron chi connectivity index (χ2n) is 7.99. The maximum absolute atomic E-state index is 12.5. The Morgan fingerprint density at radius 1 is 1.05 bits per heavy atom. The van der Waals surface area contributed by atoms with Crippen molar-refractivity contribution < 1.29 is 9.53 Å². The van der Waals surface area contributed by atoms with Crippen LogP contribution in [-0.2, 0) is 17.8 Å². The molecule has 2 aromatic heterocycles. The summed E-state index contributed by atoms with van der Waals surface area (Å²) in [5.74, 6) is 0.577. The van der Waals surface area contributed by atoms with Gasteiger partial charge in [0.2, 0.25) is 10.6 Å². The molecule has 3 aromatic carbocycles. The summed E-state index contributed by atoms with van der Waals surface area (Å²) in [7, 11) is 0. The Labute approximate surface area is 221 Å². The van der Waals surface area contributed by atoms with Gasteiger partial charge in [-0.25, -0.2) is 4.68 Å². The molecule has 0 unspecified atom stereocenters. The molecular formula is C26H22ClN7O2S. The highest BCUT2D eigenvalue weighted by molar-refractivity contribution is 7.08. The normalized spacial score (nSPS) is 11.6. The van der Waals surface area contributed by atoms with Crippen LogP contribution in [0.1, 0.15) is 17.5 Å². The van der Waals surface area contributed by atoms with Crippen LogP contribution in [0.4, 0.5) is 0 Å². The van der Waals surface area contributed by atoms with Crippen molar-refractivity contribution in [2.24, 2.45) is 4.99 Å². The van der Waals surface area contributed by atoms with Crippen molar-refractivity contribution in [2.45, 2.75) is 19.9 Å². The van der Waals surface area contributed by atoms with E-state index >= 15 is 0 Å². The quantitative estimate of drug-likeness (QED) is 0.314. The summed E-state index contributed by atoms with van der Waals surface area (Å²) >= 11 is 7.49. The largest absolute Gasteiger partial charge is 0.482 e. The van der Waals surface area contributed by atoms with Crippen molar-refractivity contribution in [3.8, 4) is 28.3 Å². The third kappa shape index (κ3) is 5.82. The Morgan fingerprint density at radius 2 is 1.81 bits per heavy atom. The molecular weight excluding hydrogens is 510 g/mol. The van der Waals surface area contributed by atoms with Crippen LogP contribution in [0.2, 0.25) is 5.02 Å². The summed E-state index contributed by atoms with van der Waals surface area (Å²) in [6.07, 6.45) is 0.746. The SMILES string of the molecule is CCc1nn(Cc2ccc(-c3ccccc3-c3nn[nH]n3)cc2)c(=NC(=O)COc2ccccc2Cl)s1. The van der Waals surface area contributed by atoms with E-state index < -0.39 is 5.91 Å². The average Bonchev–Trinajstić information content (AvgIpc) is 3.59. The van der Waals surface area contributed by atoms with E-state index in [0.29, 0.717) is 27.9 Å². The molecule has 0 saturated carbocycles. The molecule has 0 aliphatic carbocycles. The summed E-state index contributed by atoms with van der Waals surface area (Å²) in [6.45, 7) is 2.28. The van der Waals surface area contributed by atoms with Crippen molar-refractivity contribution in [1.29, 1.82) is 0 Å². The molecule has 0 aliphatic rings. The molecule has 0 radical (unpaired) electrons. The van der Waals surface area contributed by atoms with E-state index in [1.54, 1.807) is 28.9 Å². The topological polar surface area (TPSA) is 111 Å². The number of ether oxygens (including phenoxy) is 1. The zero-order valence-corrected chi connectivity index (χ0v) is 21.4. The number of H-pyrrole nitrogens is 1. The first-order valence-corrected chi connectivity index (χ1v) is 12.7. The van der Waals surface area contributed by atoms with E-state index in [1.165, 1.54) is 11.3 Å². The number of amides is 1. The highest BCUT2D eigenvalue weighted by Gasteiger charge is 2.12. The highest BCUT2D eigenvalue weighted by Crippen LogP contribution is 2.29. The molecule has 0 fully saturated rings. The van der Waals surface area contributed by atoms with Gasteiger partial charge in [-0.3, -0.25) is 4.79 Å². The van der Waals surface area contributed by atoms with E-state index in [2.05, 4.69) is 30.7 Å². The Bertz CT molecular complexity index is 1580. The molecule has 5 aromatic rings. The van der Waals surface area contributed by atoms with Crippen molar-refractivity contribution in [3.63, 3.8) is 0 Å². The third-order valence-electron chi connectivity index (χ3n) is 5.48. The lowest BCUT2D eigenvalue weighted by Gasteiger charge is -2.08. The van der Waals surface area contributed by atoms with Gasteiger partial charge in [-0.15, -0.1) is 10.2 Å². The fraction of sp³-hybridized carbons (Fsp3) is 0.154. The van der Waals surface area contributed by atoms with Gasteiger partial charge in [-0.2, -0.15) is 15.3 Å². The third-order valence-corrected chi connectivity index (χ3v) is 6.89. The van der Waals surface area contributed by atoms with Crippen LogP contribution in [0.5, 0.6) is 5.75 Å². The lowest BCUT2D eigenvalue weighted by Crippen LogP contribution is -2.21. The number of carbonyl (C=O) groups excluding carboxylic acids is 1. The molecule has 186 valence electrons. The first kappa shape index (κ1) is 24.5. The van der Waals surface area contributed by atoms with Gasteiger partial charge in [-0.1, -0.05) is 90.5 Å². The number of aromatic nitrogens is 6. The van der Waals surface area contributed by atoms with Crippen LogP contribution >= 0.6 is 22.9 Å². The molecule has 1 N–H and O–H groups in total. The average molecular weight is 532 g/mol. The van der Waals surface area contributed by atoms with Crippen LogP contribution in [-0.4, -0.2) is 42.9 Å². The maximum Gasteiger partial charge on any atom is 0.286 e. The van der Waals surface area contributed by atoms with Gasteiger partial charge in [0.15, 0.2) is 6.61 Å². The maximum atomic E-state index is 12.5. The number of para-hydroxylation sites is 1. The molecule has 0 aliphatic heterocycles. The number of carbonyl (C=O) groups is 1. The van der Waals surface area contributed by atoms with Crippen molar-refractivity contribution in [2.75, 3.05) is 6.61 Å². The smallest absolute Gasteiger partial charge is 0.286 e. The minimum atomic E-state index is -0.409. The van der Waals surface area contributed by atoms with E-state index in [-0.39, 0.29) is 6.61 Å². The molecule has 9 nitrogen and oxygen atoms in total. The molecule has 0 atom stereocenters. The van der Waals surface area contributed by atoms with Crippen LogP contribution in [0.15, 0.2) is 77.8 Å². The summed E-state index contributed by atoms with van der Waals surface area (Å²) in [5.41, 5.74) is 3.95. The Morgan fingerprint density at radius 3 is 2.54 bits per heavy atom. The Balaban J connectivity index is 1.35. The summed E-state index contributed by atoms with van der Waals surface area (Å²) in [6, 6.07) is 23.1. The first-order chi connectivity index (χ1) is 18.1. The zero-order chi connectivity index (χ0) is 25.6. The number of hydrogen-bond donors (Lipinski definition) is 1. The molecule has 11 heteroatoms. The second-order valence-corrected chi connectivity index (χ2v) is 9.44. The van der Waals surface area contributed by atoms with Crippen LogP contribution in [0.3, 0.4) is 0 Å². The molecule has 0 bridgehead atoms. The summed E-state index contributed by atoms with van der Waals surface area (Å²) < 4.78 is 7.29. The van der Waals surface area contributed by atoms with Gasteiger partial charge in [0.05, 0.1) is 11.6 Å². The number of nitrogens with one attached hydrogen (secondary N) is 1. The van der Waals surface area contributed by atoms with Gasteiger partial charge in [0.1, 0.15) is 10.8 Å². The number of rotatable bonds is 8. The Hall–Kier alpha value is -4.15. The van der Waals surface area contributed by atoms with Gasteiger partial charge in [-0.05, 0) is 40.5 Å². The number of aromatic amines is 1. The summed E-state index contributed by atoms with van der Waals surface area (Å²) in [5, 5.41) is 20.4. The zero-order valence-electron chi connectivity index (χ0n) is 19.8. The molecule has 1 amide bonds. The Kier molecular flexibility index (Phi) is 7.48. The van der Waals surface area contributed by atoms with Crippen molar-refractivity contribution in [3.05, 3.63) is 93.2 Å². The van der Waals surface area contributed by atoms with Crippen LogP contribution in [0.25, 0.3) is 22.5 Å². The molecule has 37 heavy (non-hydrogen) atoms. The van der Waals surface area contributed by atoms with E-state index in [1.807, 2.05) is 55.5 Å². The fourth-order valence-corrected chi connectivity index (χ4v) is 4.73. The van der Waals surface area contributed by atoms with E-state index in [0.717, 1.165) is 33.7 Å². The lowest BCUT2D eigenvalue weighted by atomic mass is 9.98. The number of halogens is 1. The van der Waals surface area contributed by atoms with Gasteiger partial charge in [0.25, 0.3) is 5.91 Å². The van der Waals surface area contributed by atoms with Gasteiger partial charge >= 0.3 is 0 Å². The van der Waals surface area contributed by atoms with Crippen molar-refractivity contribution in [1.82, 2.24) is 30.4 Å². The fourth-order valence-electron chi connectivity index (χ4n) is 3.69. The molecule has 5 rings (SSSR count). The number of benzene rings is 3. The predicted octanol–water partition coefficient (Wildman–Crippen LogP) is 4.56. The first-order valence-electron chi connectivity index (χ1n) is 11.5. The molecule has 0 spiro atoms. The summed E-state index contributed by atoms with van der Waals surface area (Å²) in [4.78, 5) is 17.3. The predicted molar refractivity (Wildman–Crippen MR) is 141 cm³/mol. The molecule has 0 saturated heterocycles. The monoisotopic (exact) mass is 531 g/mol. The van der Waals surface area contributed by atoms with Gasteiger partial charge in [0, 0.05) is 5.56 Å². The standard InChI is InChI=1S/C26H22ClN7O2S/c1-2-24-31-34(26(37-24)28-23(35)16-36-22-10-6-5-9-21(22)27)15-17-11-13-18(14-12-17)19-7-3-4-8-20(19)25-29-32-33-30-25/h3-14H,2,15-16H2,1H3,(H,29,30,32,33). The minimum absolute atomic E-state index is 0.211. The highest BCUT2D eigenvalue weighted by atomic mass is 35.5. The minimum Gasteiger partial charge on any atom is -0.482 e. The number of aryl methyl sites for hydroxylation is 1. The van der Waals surface area contributed by atoms with Crippen LogP contribution < -0.4 is 9.54 Å². The van der Waals surface area contributed by atoms with E-state index in [9.17, 15) is 4.79 Å². The lowest BCUT2D eigenvalue weighted by molar-refractivity contribution is -0.120. The van der Waals surface area contributed by atoms with Gasteiger partial charge < -0.3 is 4.74 Å².